The van der Waals surface area contributed by atoms with E-state index in [1.165, 1.54) is 0 Å². The van der Waals surface area contributed by atoms with Gasteiger partial charge in [-0.3, -0.25) is 4.79 Å². The number of carbonyl (C=O) groups excluding carboxylic acids is 2. The van der Waals surface area contributed by atoms with Gasteiger partial charge in [-0.1, -0.05) is 78.9 Å². The molecule has 3 aromatic rings. The second-order valence-electron chi connectivity index (χ2n) is 9.36. The largest absolute Gasteiger partial charge is 0.480 e. The van der Waals surface area contributed by atoms with Gasteiger partial charge in [-0.2, -0.15) is 0 Å². The topological polar surface area (TPSA) is 134 Å². The minimum absolute atomic E-state index is 0.0513. The van der Waals surface area contributed by atoms with E-state index in [0.29, 0.717) is 0 Å². The van der Waals surface area contributed by atoms with Gasteiger partial charge in [-0.05, 0) is 34.7 Å². The fourth-order valence-electron chi connectivity index (χ4n) is 4.71. The average molecular weight is 533 g/mol. The predicted octanol–water partition coefficient (Wildman–Crippen LogP) is 3.45. The molecule has 9 heteroatoms. The molecule has 0 fully saturated rings. The summed E-state index contributed by atoms with van der Waals surface area (Å²) in [5.41, 5.74) is 5.15. The SMILES string of the molecule is CC(OCc1ccccc1)C(NC(=O)OCC1c2ccccc2-c2ccccc21)C(=O)N[C@@H](CCO)C(=O)O. The van der Waals surface area contributed by atoms with Crippen molar-refractivity contribution in [3.8, 4) is 11.1 Å². The van der Waals surface area contributed by atoms with Crippen molar-refractivity contribution in [3.63, 3.8) is 0 Å². The van der Waals surface area contributed by atoms with Gasteiger partial charge in [0.05, 0.1) is 12.7 Å². The number of aliphatic hydroxyl groups is 1. The lowest BCUT2D eigenvalue weighted by Crippen LogP contribution is -2.56. The summed E-state index contributed by atoms with van der Waals surface area (Å²) in [5, 5.41) is 23.5. The maximum atomic E-state index is 13.1. The van der Waals surface area contributed by atoms with E-state index in [4.69, 9.17) is 9.47 Å². The predicted molar refractivity (Wildman–Crippen MR) is 144 cm³/mol. The zero-order valence-electron chi connectivity index (χ0n) is 21.6. The fourth-order valence-corrected chi connectivity index (χ4v) is 4.71. The highest BCUT2D eigenvalue weighted by Gasteiger charge is 2.33. The van der Waals surface area contributed by atoms with Crippen LogP contribution < -0.4 is 10.6 Å². The van der Waals surface area contributed by atoms with Crippen LogP contribution in [-0.4, -0.2) is 59.6 Å². The molecule has 0 heterocycles. The summed E-state index contributed by atoms with van der Waals surface area (Å²) in [4.78, 5) is 37.6. The number of alkyl carbamates (subject to hydrolysis) is 1. The number of carboxylic acid groups (broad SMARTS) is 1. The quantitative estimate of drug-likeness (QED) is 0.281. The van der Waals surface area contributed by atoms with Crippen LogP contribution in [0.3, 0.4) is 0 Å². The number of rotatable bonds is 12. The second kappa shape index (κ2) is 13.0. The maximum absolute atomic E-state index is 13.1. The summed E-state index contributed by atoms with van der Waals surface area (Å²) in [5.74, 6) is -2.22. The van der Waals surface area contributed by atoms with E-state index in [9.17, 15) is 24.6 Å². The highest BCUT2D eigenvalue weighted by atomic mass is 16.5. The number of aliphatic carboxylic acids is 1. The molecule has 39 heavy (non-hydrogen) atoms. The number of amides is 2. The summed E-state index contributed by atoms with van der Waals surface area (Å²) in [6.07, 6.45) is -1.84. The number of hydrogen-bond donors (Lipinski definition) is 4. The molecular formula is C30H32N2O7. The lowest BCUT2D eigenvalue weighted by Gasteiger charge is -2.26. The summed E-state index contributed by atoms with van der Waals surface area (Å²) in [7, 11) is 0. The molecule has 4 N–H and O–H groups in total. The first-order chi connectivity index (χ1) is 18.9. The third-order valence-electron chi connectivity index (χ3n) is 6.76. The summed E-state index contributed by atoms with van der Waals surface area (Å²) in [6, 6.07) is 22.6. The van der Waals surface area contributed by atoms with Gasteiger partial charge in [0, 0.05) is 18.9 Å². The van der Waals surface area contributed by atoms with Gasteiger partial charge in [0.1, 0.15) is 18.7 Å². The first kappa shape index (κ1) is 27.8. The molecule has 3 atom stereocenters. The molecule has 1 aliphatic rings. The van der Waals surface area contributed by atoms with E-state index in [2.05, 4.69) is 10.6 Å². The number of hydrogen-bond acceptors (Lipinski definition) is 6. The standard InChI is InChI=1S/C30H32N2O7/c1-19(38-17-20-9-3-2-4-10-20)27(28(34)31-26(15-16-33)29(35)36)32-30(37)39-18-25-23-13-7-5-11-21(23)22-12-6-8-14-24(22)25/h2-14,19,25-27,33H,15-18H2,1H3,(H,31,34)(H,32,37)(H,35,36)/t19?,26-,27?/m0/s1. The van der Waals surface area contributed by atoms with E-state index >= 15 is 0 Å². The van der Waals surface area contributed by atoms with E-state index in [-0.39, 0.29) is 25.6 Å². The molecule has 0 saturated carbocycles. The Morgan fingerprint density at radius 1 is 0.872 bits per heavy atom. The molecule has 0 aromatic heterocycles. The zero-order chi connectivity index (χ0) is 27.8. The number of aliphatic hydroxyl groups excluding tert-OH is 1. The van der Waals surface area contributed by atoms with Crippen LogP contribution in [0.1, 0.15) is 36.0 Å². The van der Waals surface area contributed by atoms with Crippen LogP contribution in [0, 0.1) is 0 Å². The molecule has 0 aliphatic heterocycles. The van der Waals surface area contributed by atoms with E-state index in [1.807, 2.05) is 78.9 Å². The molecule has 3 aromatic carbocycles. The van der Waals surface area contributed by atoms with Gasteiger partial charge in [-0.15, -0.1) is 0 Å². The monoisotopic (exact) mass is 532 g/mol. The Labute approximate surface area is 226 Å². The Kier molecular flexibility index (Phi) is 9.30. The second-order valence-corrected chi connectivity index (χ2v) is 9.36. The van der Waals surface area contributed by atoms with Gasteiger partial charge >= 0.3 is 12.1 Å². The van der Waals surface area contributed by atoms with Gasteiger partial charge in [0.15, 0.2) is 0 Å². The Hall–Kier alpha value is -4.21. The first-order valence-corrected chi connectivity index (χ1v) is 12.8. The highest BCUT2D eigenvalue weighted by molar-refractivity contribution is 5.89. The lowest BCUT2D eigenvalue weighted by atomic mass is 9.98. The van der Waals surface area contributed by atoms with Gasteiger partial charge in [0.25, 0.3) is 0 Å². The van der Waals surface area contributed by atoms with Crippen molar-refractivity contribution in [1.82, 2.24) is 10.6 Å². The number of fused-ring (bicyclic) bond motifs is 3. The number of benzene rings is 3. The van der Waals surface area contributed by atoms with Crippen LogP contribution in [0.5, 0.6) is 0 Å². The molecule has 0 spiro atoms. The van der Waals surface area contributed by atoms with E-state index in [1.54, 1.807) is 6.92 Å². The molecule has 0 bridgehead atoms. The van der Waals surface area contributed by atoms with Gasteiger partial charge < -0.3 is 30.3 Å². The van der Waals surface area contributed by atoms with Gasteiger partial charge in [0.2, 0.25) is 5.91 Å². The van der Waals surface area contributed by atoms with Crippen molar-refractivity contribution in [2.45, 2.75) is 44.1 Å². The van der Waals surface area contributed by atoms with Crippen molar-refractivity contribution < 1.29 is 34.1 Å². The van der Waals surface area contributed by atoms with Crippen molar-refractivity contribution in [2.24, 2.45) is 0 Å². The third kappa shape index (κ3) is 6.81. The van der Waals surface area contributed by atoms with Crippen molar-refractivity contribution in [1.29, 1.82) is 0 Å². The van der Waals surface area contributed by atoms with E-state index < -0.39 is 42.8 Å². The Balaban J connectivity index is 1.45. The molecule has 204 valence electrons. The average Bonchev–Trinajstić information content (AvgIpc) is 3.27. The normalized spacial score (nSPS) is 14.4. The van der Waals surface area contributed by atoms with E-state index in [0.717, 1.165) is 27.8 Å². The van der Waals surface area contributed by atoms with Crippen molar-refractivity contribution in [2.75, 3.05) is 13.2 Å². The first-order valence-electron chi connectivity index (χ1n) is 12.8. The third-order valence-corrected chi connectivity index (χ3v) is 6.76. The van der Waals surface area contributed by atoms with Crippen LogP contribution in [0.2, 0.25) is 0 Å². The molecular weight excluding hydrogens is 500 g/mol. The van der Waals surface area contributed by atoms with Crippen molar-refractivity contribution >= 4 is 18.0 Å². The van der Waals surface area contributed by atoms with Crippen LogP contribution in [-0.2, 0) is 25.7 Å². The summed E-state index contributed by atoms with van der Waals surface area (Å²) >= 11 is 0. The Bertz CT molecular complexity index is 1250. The van der Waals surface area contributed by atoms with Crippen LogP contribution in [0.4, 0.5) is 4.79 Å². The fraction of sp³-hybridized carbons (Fsp3) is 0.300. The minimum Gasteiger partial charge on any atom is -0.480 e. The number of carbonyl (C=O) groups is 3. The highest BCUT2D eigenvalue weighted by Crippen LogP contribution is 2.44. The Morgan fingerprint density at radius 2 is 1.46 bits per heavy atom. The number of carboxylic acids is 1. The summed E-state index contributed by atoms with van der Waals surface area (Å²) < 4.78 is 11.4. The molecule has 0 saturated heterocycles. The number of nitrogens with one attached hydrogen (secondary N) is 2. The lowest BCUT2D eigenvalue weighted by molar-refractivity contribution is -0.143. The van der Waals surface area contributed by atoms with Crippen LogP contribution >= 0.6 is 0 Å². The molecule has 2 amide bonds. The molecule has 2 unspecified atom stereocenters. The molecule has 0 radical (unpaired) electrons. The molecule has 4 rings (SSSR count). The maximum Gasteiger partial charge on any atom is 0.407 e. The smallest absolute Gasteiger partial charge is 0.407 e. The minimum atomic E-state index is -1.32. The van der Waals surface area contributed by atoms with Crippen LogP contribution in [0.25, 0.3) is 11.1 Å². The van der Waals surface area contributed by atoms with Gasteiger partial charge in [-0.25, -0.2) is 9.59 Å². The molecule has 9 nitrogen and oxygen atoms in total. The molecule has 1 aliphatic carbocycles. The summed E-state index contributed by atoms with van der Waals surface area (Å²) in [6.45, 7) is 1.41. The van der Waals surface area contributed by atoms with Crippen molar-refractivity contribution in [3.05, 3.63) is 95.6 Å². The zero-order valence-corrected chi connectivity index (χ0v) is 21.6. The number of ether oxygens (including phenoxy) is 2. The Morgan fingerprint density at radius 3 is 2.05 bits per heavy atom. The van der Waals surface area contributed by atoms with Crippen LogP contribution in [0.15, 0.2) is 78.9 Å².